The molecule has 0 aliphatic heterocycles. The molecular formula is C19H20. The molecule has 2 aromatic rings. The Morgan fingerprint density at radius 3 is 2.47 bits per heavy atom. The third-order valence-electron chi connectivity index (χ3n) is 4.09. The normalized spacial score (nSPS) is 17.2. The summed E-state index contributed by atoms with van der Waals surface area (Å²) in [4.78, 5) is 0. The predicted molar refractivity (Wildman–Crippen MR) is 83.2 cm³/mol. The van der Waals surface area contributed by atoms with E-state index in [0.29, 0.717) is 5.92 Å². The number of hydrogen-bond donors (Lipinski definition) is 0. The van der Waals surface area contributed by atoms with Gasteiger partial charge in [0.2, 0.25) is 0 Å². The van der Waals surface area contributed by atoms with Crippen LogP contribution in [0.5, 0.6) is 0 Å². The molecule has 0 N–H and O–H groups in total. The zero-order chi connectivity index (χ0) is 13.2. The maximum atomic E-state index is 2.37. The van der Waals surface area contributed by atoms with Crippen molar-refractivity contribution in [1.29, 1.82) is 0 Å². The van der Waals surface area contributed by atoms with Gasteiger partial charge in [0.05, 0.1) is 0 Å². The third-order valence-corrected chi connectivity index (χ3v) is 4.09. The zero-order valence-corrected chi connectivity index (χ0v) is 11.7. The standard InChI is InChI=1S/C19H20/c1-3-8-15-9-4-7-12-18(15)19-13-16-10-5-6-11-17(16)14(19)2/h4-7,9-14H,3,8H2,1-2H3. The predicted octanol–water partition coefficient (Wildman–Crippen LogP) is 5.30. The van der Waals surface area contributed by atoms with E-state index in [1.807, 2.05) is 0 Å². The lowest BCUT2D eigenvalue weighted by Crippen LogP contribution is -1.97. The Bertz CT molecular complexity index is 619. The van der Waals surface area contributed by atoms with E-state index in [4.69, 9.17) is 0 Å². The molecule has 0 amide bonds. The largest absolute Gasteiger partial charge is 0.0651 e. The minimum Gasteiger partial charge on any atom is -0.0651 e. The molecule has 0 nitrogen and oxygen atoms in total. The van der Waals surface area contributed by atoms with Crippen LogP contribution in [0.2, 0.25) is 0 Å². The van der Waals surface area contributed by atoms with Crippen LogP contribution in [0.25, 0.3) is 11.6 Å². The first kappa shape index (κ1) is 12.2. The molecule has 0 bridgehead atoms. The number of allylic oxidation sites excluding steroid dienone is 1. The van der Waals surface area contributed by atoms with Gasteiger partial charge in [0.15, 0.2) is 0 Å². The summed E-state index contributed by atoms with van der Waals surface area (Å²) in [5.41, 5.74) is 7.24. The summed E-state index contributed by atoms with van der Waals surface area (Å²) in [6.07, 6.45) is 4.73. The van der Waals surface area contributed by atoms with Crippen LogP contribution in [-0.4, -0.2) is 0 Å². The summed E-state index contributed by atoms with van der Waals surface area (Å²) >= 11 is 0. The number of fused-ring (bicyclic) bond motifs is 1. The SMILES string of the molecule is CCCc1ccccc1C1=Cc2ccccc2C1C. The van der Waals surface area contributed by atoms with Crippen molar-refractivity contribution < 1.29 is 0 Å². The van der Waals surface area contributed by atoms with Crippen LogP contribution < -0.4 is 0 Å². The van der Waals surface area contributed by atoms with E-state index in [1.165, 1.54) is 34.2 Å². The van der Waals surface area contributed by atoms with E-state index in [2.05, 4.69) is 68.5 Å². The second kappa shape index (κ2) is 5.05. The molecular weight excluding hydrogens is 228 g/mol. The number of hydrogen-bond acceptors (Lipinski definition) is 0. The van der Waals surface area contributed by atoms with Crippen molar-refractivity contribution in [3.05, 3.63) is 70.8 Å². The molecule has 0 saturated carbocycles. The molecule has 0 radical (unpaired) electrons. The first-order valence-corrected chi connectivity index (χ1v) is 7.20. The topological polar surface area (TPSA) is 0 Å². The Labute approximate surface area is 115 Å². The second-order valence-electron chi connectivity index (χ2n) is 5.36. The lowest BCUT2D eigenvalue weighted by molar-refractivity contribution is 0.912. The Balaban J connectivity index is 2.06. The highest BCUT2D eigenvalue weighted by atomic mass is 14.3. The lowest BCUT2D eigenvalue weighted by Gasteiger charge is -2.15. The van der Waals surface area contributed by atoms with E-state index < -0.39 is 0 Å². The van der Waals surface area contributed by atoms with Gasteiger partial charge in [-0.3, -0.25) is 0 Å². The summed E-state index contributed by atoms with van der Waals surface area (Å²) in [5.74, 6) is 0.509. The molecule has 2 aromatic carbocycles. The van der Waals surface area contributed by atoms with E-state index in [1.54, 1.807) is 0 Å². The monoisotopic (exact) mass is 248 g/mol. The average molecular weight is 248 g/mol. The Morgan fingerprint density at radius 1 is 0.947 bits per heavy atom. The number of aryl methyl sites for hydroxylation is 1. The van der Waals surface area contributed by atoms with Gasteiger partial charge < -0.3 is 0 Å². The minimum atomic E-state index is 0.509. The van der Waals surface area contributed by atoms with Crippen LogP contribution in [0.1, 0.15) is 48.4 Å². The maximum Gasteiger partial charge on any atom is 0.00731 e. The van der Waals surface area contributed by atoms with Crippen molar-refractivity contribution in [3.8, 4) is 0 Å². The minimum absolute atomic E-state index is 0.509. The molecule has 0 aromatic heterocycles. The fraction of sp³-hybridized carbons (Fsp3) is 0.263. The first-order chi connectivity index (χ1) is 9.31. The zero-order valence-electron chi connectivity index (χ0n) is 11.7. The maximum absolute atomic E-state index is 2.37. The molecule has 0 heteroatoms. The molecule has 3 rings (SSSR count). The molecule has 19 heavy (non-hydrogen) atoms. The van der Waals surface area contributed by atoms with Crippen molar-refractivity contribution in [1.82, 2.24) is 0 Å². The number of rotatable bonds is 3. The summed E-state index contributed by atoms with van der Waals surface area (Å²) in [7, 11) is 0. The summed E-state index contributed by atoms with van der Waals surface area (Å²) in [6, 6.07) is 17.6. The summed E-state index contributed by atoms with van der Waals surface area (Å²) in [6.45, 7) is 4.57. The molecule has 1 atom stereocenters. The van der Waals surface area contributed by atoms with E-state index in [9.17, 15) is 0 Å². The lowest BCUT2D eigenvalue weighted by atomic mass is 9.89. The van der Waals surface area contributed by atoms with Crippen molar-refractivity contribution in [2.45, 2.75) is 32.6 Å². The fourth-order valence-electron chi connectivity index (χ4n) is 3.10. The van der Waals surface area contributed by atoms with Crippen LogP contribution in [0.15, 0.2) is 48.5 Å². The van der Waals surface area contributed by atoms with Crippen molar-refractivity contribution in [2.75, 3.05) is 0 Å². The van der Waals surface area contributed by atoms with E-state index >= 15 is 0 Å². The Morgan fingerprint density at radius 2 is 1.68 bits per heavy atom. The van der Waals surface area contributed by atoms with Crippen LogP contribution in [0.3, 0.4) is 0 Å². The quantitative estimate of drug-likeness (QED) is 0.691. The smallest absolute Gasteiger partial charge is 0.00731 e. The van der Waals surface area contributed by atoms with Crippen LogP contribution in [0, 0.1) is 0 Å². The van der Waals surface area contributed by atoms with Gasteiger partial charge in [-0.15, -0.1) is 0 Å². The Kier molecular flexibility index (Phi) is 3.25. The van der Waals surface area contributed by atoms with Gasteiger partial charge in [-0.25, -0.2) is 0 Å². The molecule has 1 aliphatic rings. The van der Waals surface area contributed by atoms with Gasteiger partial charge in [-0.2, -0.15) is 0 Å². The van der Waals surface area contributed by atoms with E-state index in [0.717, 1.165) is 6.42 Å². The summed E-state index contributed by atoms with van der Waals surface area (Å²) in [5, 5.41) is 0. The molecule has 0 saturated heterocycles. The summed E-state index contributed by atoms with van der Waals surface area (Å²) < 4.78 is 0. The van der Waals surface area contributed by atoms with Crippen molar-refractivity contribution in [3.63, 3.8) is 0 Å². The highest BCUT2D eigenvalue weighted by Crippen LogP contribution is 2.42. The molecule has 0 spiro atoms. The molecule has 96 valence electrons. The van der Waals surface area contributed by atoms with Crippen LogP contribution in [-0.2, 0) is 6.42 Å². The highest BCUT2D eigenvalue weighted by Gasteiger charge is 2.22. The van der Waals surface area contributed by atoms with Crippen LogP contribution in [0.4, 0.5) is 0 Å². The first-order valence-electron chi connectivity index (χ1n) is 7.20. The van der Waals surface area contributed by atoms with Gasteiger partial charge in [0, 0.05) is 5.92 Å². The fourth-order valence-corrected chi connectivity index (χ4v) is 3.10. The molecule has 1 unspecified atom stereocenters. The average Bonchev–Trinajstić information content (AvgIpc) is 2.78. The highest BCUT2D eigenvalue weighted by molar-refractivity contribution is 5.92. The van der Waals surface area contributed by atoms with Gasteiger partial charge in [0.25, 0.3) is 0 Å². The van der Waals surface area contributed by atoms with Gasteiger partial charge in [-0.05, 0) is 34.2 Å². The third kappa shape index (κ3) is 2.12. The second-order valence-corrected chi connectivity index (χ2v) is 5.36. The molecule has 0 fully saturated rings. The molecule has 0 heterocycles. The van der Waals surface area contributed by atoms with Crippen molar-refractivity contribution in [2.24, 2.45) is 0 Å². The van der Waals surface area contributed by atoms with E-state index in [-0.39, 0.29) is 0 Å². The van der Waals surface area contributed by atoms with Crippen molar-refractivity contribution >= 4 is 11.6 Å². The number of benzene rings is 2. The van der Waals surface area contributed by atoms with Gasteiger partial charge in [0.1, 0.15) is 0 Å². The Hall–Kier alpha value is -1.82. The van der Waals surface area contributed by atoms with Crippen LogP contribution >= 0.6 is 0 Å². The van der Waals surface area contributed by atoms with Gasteiger partial charge >= 0.3 is 0 Å². The molecule has 1 aliphatic carbocycles. The van der Waals surface area contributed by atoms with Gasteiger partial charge in [-0.1, -0.05) is 74.9 Å².